The van der Waals surface area contributed by atoms with Crippen molar-refractivity contribution in [1.29, 1.82) is 0 Å². The van der Waals surface area contributed by atoms with Gasteiger partial charge in [0.1, 0.15) is 29.5 Å². The van der Waals surface area contributed by atoms with E-state index in [0.717, 1.165) is 35.6 Å². The molecule has 1 aromatic heterocycles. The molecule has 2 aliphatic rings. The van der Waals surface area contributed by atoms with E-state index in [4.69, 9.17) is 15.2 Å². The Kier molecular flexibility index (Phi) is 2.71. The number of hydrogen-bond acceptors (Lipinski definition) is 4. The number of aryl methyl sites for hydroxylation is 1. The Morgan fingerprint density at radius 1 is 1.14 bits per heavy atom. The number of aromatic nitrogens is 2. The molecule has 2 atom stereocenters. The van der Waals surface area contributed by atoms with Crippen molar-refractivity contribution < 1.29 is 9.47 Å². The number of nitrogen functional groups attached to an aromatic ring is 1. The first-order chi connectivity index (χ1) is 10.5. The van der Waals surface area contributed by atoms with Crippen LogP contribution < -0.4 is 15.2 Å². The molecule has 0 spiro atoms. The Morgan fingerprint density at radius 2 is 1.77 bits per heavy atom. The first kappa shape index (κ1) is 13.5. The molecule has 0 saturated carbocycles. The van der Waals surface area contributed by atoms with Crippen LogP contribution in [0, 0.1) is 6.92 Å². The van der Waals surface area contributed by atoms with E-state index >= 15 is 0 Å². The quantitative estimate of drug-likeness (QED) is 0.879. The van der Waals surface area contributed by atoms with Gasteiger partial charge in [0.2, 0.25) is 0 Å². The maximum absolute atomic E-state index is 6.14. The molecule has 0 amide bonds. The first-order valence-electron chi connectivity index (χ1n) is 7.77. The van der Waals surface area contributed by atoms with Crippen LogP contribution in [0.5, 0.6) is 11.5 Å². The molecule has 0 radical (unpaired) electrons. The lowest BCUT2D eigenvalue weighted by Gasteiger charge is -2.14. The van der Waals surface area contributed by atoms with Gasteiger partial charge in [-0.2, -0.15) is 5.10 Å². The molecule has 0 saturated heterocycles. The van der Waals surface area contributed by atoms with Crippen LogP contribution in [0.4, 0.5) is 5.82 Å². The van der Waals surface area contributed by atoms with Crippen LogP contribution in [0.15, 0.2) is 6.07 Å². The molecule has 2 N–H and O–H groups in total. The molecule has 5 heteroatoms. The highest BCUT2D eigenvalue weighted by Crippen LogP contribution is 2.50. The van der Waals surface area contributed by atoms with Crippen molar-refractivity contribution in [2.75, 3.05) is 5.73 Å². The predicted molar refractivity (Wildman–Crippen MR) is 85.4 cm³/mol. The highest BCUT2D eigenvalue weighted by Gasteiger charge is 2.35. The van der Waals surface area contributed by atoms with Gasteiger partial charge >= 0.3 is 0 Å². The number of hydrogen-bond donors (Lipinski definition) is 1. The van der Waals surface area contributed by atoms with E-state index in [0.29, 0.717) is 5.82 Å². The molecule has 2 aromatic rings. The van der Waals surface area contributed by atoms with Gasteiger partial charge in [0, 0.05) is 37.1 Å². The van der Waals surface area contributed by atoms with Crippen LogP contribution in [-0.4, -0.2) is 22.0 Å². The zero-order valence-electron chi connectivity index (χ0n) is 13.4. The minimum absolute atomic E-state index is 0.188. The van der Waals surface area contributed by atoms with E-state index in [-0.39, 0.29) is 12.2 Å². The summed E-state index contributed by atoms with van der Waals surface area (Å²) >= 11 is 0. The molecule has 2 aliphatic heterocycles. The van der Waals surface area contributed by atoms with Crippen LogP contribution in [0.3, 0.4) is 0 Å². The van der Waals surface area contributed by atoms with Gasteiger partial charge in [-0.25, -0.2) is 0 Å². The van der Waals surface area contributed by atoms with Crippen molar-refractivity contribution in [3.63, 3.8) is 0 Å². The van der Waals surface area contributed by atoms with Crippen LogP contribution in [0.25, 0.3) is 11.3 Å². The molecule has 4 rings (SSSR count). The largest absolute Gasteiger partial charge is 0.490 e. The summed E-state index contributed by atoms with van der Waals surface area (Å²) in [5.41, 5.74) is 11.6. The summed E-state index contributed by atoms with van der Waals surface area (Å²) in [6.45, 7) is 6.34. The fourth-order valence-corrected chi connectivity index (χ4v) is 3.60. The molecular weight excluding hydrogens is 278 g/mol. The number of fused-ring (bicyclic) bond motifs is 2. The van der Waals surface area contributed by atoms with Gasteiger partial charge in [0.25, 0.3) is 0 Å². The Morgan fingerprint density at radius 3 is 2.41 bits per heavy atom. The lowest BCUT2D eigenvalue weighted by atomic mass is 9.92. The van der Waals surface area contributed by atoms with Gasteiger partial charge < -0.3 is 15.2 Å². The zero-order chi connectivity index (χ0) is 15.6. The third-order valence-corrected chi connectivity index (χ3v) is 4.66. The van der Waals surface area contributed by atoms with Gasteiger partial charge in [0.05, 0.1) is 11.3 Å². The summed E-state index contributed by atoms with van der Waals surface area (Å²) in [4.78, 5) is 0. The fourth-order valence-electron chi connectivity index (χ4n) is 3.60. The second-order valence-electron chi connectivity index (χ2n) is 6.46. The summed E-state index contributed by atoms with van der Waals surface area (Å²) in [5, 5.41) is 4.57. The van der Waals surface area contributed by atoms with E-state index in [1.807, 2.05) is 13.1 Å². The maximum atomic E-state index is 6.14. The normalized spacial score (nSPS) is 22.2. The number of anilines is 1. The van der Waals surface area contributed by atoms with Gasteiger partial charge in [-0.1, -0.05) is 0 Å². The first-order valence-corrected chi connectivity index (χ1v) is 7.77. The summed E-state index contributed by atoms with van der Waals surface area (Å²) in [5.74, 6) is 2.64. The predicted octanol–water partition coefficient (Wildman–Crippen LogP) is 2.62. The second kappa shape index (κ2) is 4.41. The highest BCUT2D eigenvalue weighted by atomic mass is 16.5. The van der Waals surface area contributed by atoms with E-state index in [1.54, 1.807) is 4.68 Å². The Hall–Kier alpha value is -2.17. The fraction of sp³-hybridized carbons (Fsp3) is 0.471. The lowest BCUT2D eigenvalue weighted by Crippen LogP contribution is -2.07. The average Bonchev–Trinajstić information content (AvgIpc) is 3.10. The summed E-state index contributed by atoms with van der Waals surface area (Å²) < 4.78 is 13.9. The van der Waals surface area contributed by atoms with E-state index in [1.165, 1.54) is 16.7 Å². The topological polar surface area (TPSA) is 62.3 Å². The minimum Gasteiger partial charge on any atom is -0.490 e. The van der Waals surface area contributed by atoms with Crippen LogP contribution >= 0.6 is 0 Å². The number of nitrogens with two attached hydrogens (primary N) is 1. The average molecular weight is 299 g/mol. The summed E-state index contributed by atoms with van der Waals surface area (Å²) in [6.07, 6.45) is 2.18. The van der Waals surface area contributed by atoms with Crippen LogP contribution in [0.2, 0.25) is 0 Å². The molecular formula is C17H21N3O2. The zero-order valence-corrected chi connectivity index (χ0v) is 13.4. The molecule has 0 fully saturated rings. The monoisotopic (exact) mass is 299 g/mol. The van der Waals surface area contributed by atoms with Gasteiger partial charge in [-0.15, -0.1) is 0 Å². The van der Waals surface area contributed by atoms with E-state index < -0.39 is 0 Å². The van der Waals surface area contributed by atoms with Crippen molar-refractivity contribution in [3.05, 3.63) is 22.8 Å². The Bertz CT molecular complexity index is 720. The SMILES string of the molecule is Cc1c2c(c(-c3cc(N)n(C)n3)c3c1OC(C)C3)OC(C)C2. The molecule has 116 valence electrons. The third kappa shape index (κ3) is 1.74. The van der Waals surface area contributed by atoms with Gasteiger partial charge in [0.15, 0.2) is 0 Å². The van der Waals surface area contributed by atoms with Crippen LogP contribution in [0.1, 0.15) is 30.5 Å². The van der Waals surface area contributed by atoms with Crippen LogP contribution in [-0.2, 0) is 19.9 Å². The van der Waals surface area contributed by atoms with Crippen molar-refractivity contribution in [1.82, 2.24) is 9.78 Å². The number of benzene rings is 1. The maximum Gasteiger partial charge on any atom is 0.133 e. The Labute approximate surface area is 130 Å². The summed E-state index contributed by atoms with van der Waals surface area (Å²) in [7, 11) is 1.86. The standard InChI is InChI=1S/C17H21N3O2/c1-8-5-11-10(3)16-12(6-9(2)21-16)15(17(11)22-8)13-7-14(18)20(4)19-13/h7-9H,5-6,18H2,1-4H3. The third-order valence-electron chi connectivity index (χ3n) is 4.66. The van der Waals surface area contributed by atoms with Crippen molar-refractivity contribution in [3.8, 4) is 22.8 Å². The lowest BCUT2D eigenvalue weighted by molar-refractivity contribution is 0.252. The molecule has 0 aliphatic carbocycles. The number of ether oxygens (including phenoxy) is 2. The molecule has 0 bridgehead atoms. The molecule has 3 heterocycles. The van der Waals surface area contributed by atoms with Gasteiger partial charge in [-0.3, -0.25) is 4.68 Å². The highest BCUT2D eigenvalue weighted by molar-refractivity contribution is 5.80. The van der Waals surface area contributed by atoms with Gasteiger partial charge in [-0.05, 0) is 26.3 Å². The minimum atomic E-state index is 0.188. The molecule has 22 heavy (non-hydrogen) atoms. The molecule has 5 nitrogen and oxygen atoms in total. The van der Waals surface area contributed by atoms with Crippen molar-refractivity contribution >= 4 is 5.82 Å². The summed E-state index contributed by atoms with van der Waals surface area (Å²) in [6, 6.07) is 1.92. The molecule has 1 aromatic carbocycles. The number of nitrogens with zero attached hydrogens (tertiary/aromatic N) is 2. The van der Waals surface area contributed by atoms with E-state index in [9.17, 15) is 0 Å². The van der Waals surface area contributed by atoms with E-state index in [2.05, 4.69) is 25.9 Å². The number of rotatable bonds is 1. The Balaban J connectivity index is 2.02. The smallest absolute Gasteiger partial charge is 0.133 e. The molecule has 2 unspecified atom stereocenters. The van der Waals surface area contributed by atoms with Crippen molar-refractivity contribution in [2.45, 2.75) is 45.8 Å². The van der Waals surface area contributed by atoms with Crippen molar-refractivity contribution in [2.24, 2.45) is 7.05 Å². The second-order valence-corrected chi connectivity index (χ2v) is 6.46.